The number of hydrogen-bond acceptors (Lipinski definition) is 2. The fraction of sp³-hybridized carbons (Fsp3) is 0.182. The summed E-state index contributed by atoms with van der Waals surface area (Å²) in [6.45, 7) is 1.54. The fourth-order valence-electron chi connectivity index (χ4n) is 3.32. The van der Waals surface area contributed by atoms with Crippen molar-refractivity contribution < 1.29 is 9.59 Å². The maximum atomic E-state index is 12.8. The van der Waals surface area contributed by atoms with Crippen LogP contribution in [0.2, 0.25) is 0 Å². The van der Waals surface area contributed by atoms with E-state index in [1.54, 1.807) is 23.1 Å². The molecule has 0 bridgehead atoms. The van der Waals surface area contributed by atoms with Crippen LogP contribution in [0.1, 0.15) is 23.2 Å². The molecule has 3 aromatic rings. The van der Waals surface area contributed by atoms with Crippen LogP contribution < -0.4 is 10.6 Å². The molecule has 0 unspecified atom stereocenters. The SMILES string of the molecule is O=C(Nc1ccccc1NC(=O)N1CCCC1)c1cccc(-n2cccc2)c1. The first kappa shape index (κ1) is 17.9. The lowest BCUT2D eigenvalue weighted by Crippen LogP contribution is -2.32. The van der Waals surface area contributed by atoms with Gasteiger partial charge in [-0.25, -0.2) is 4.79 Å². The molecule has 28 heavy (non-hydrogen) atoms. The topological polar surface area (TPSA) is 66.4 Å². The second-order valence-corrected chi connectivity index (χ2v) is 6.76. The molecule has 2 aromatic carbocycles. The second-order valence-electron chi connectivity index (χ2n) is 6.76. The molecule has 1 aliphatic rings. The Balaban J connectivity index is 1.50. The molecule has 0 saturated carbocycles. The molecule has 0 aliphatic carbocycles. The van der Waals surface area contributed by atoms with Crippen LogP contribution in [0.3, 0.4) is 0 Å². The molecular formula is C22H22N4O2. The number of rotatable bonds is 4. The summed E-state index contributed by atoms with van der Waals surface area (Å²) >= 11 is 0. The molecule has 1 aromatic heterocycles. The van der Waals surface area contributed by atoms with Gasteiger partial charge in [-0.05, 0) is 55.3 Å². The van der Waals surface area contributed by atoms with E-state index in [9.17, 15) is 9.59 Å². The van der Waals surface area contributed by atoms with Crippen LogP contribution in [0.25, 0.3) is 5.69 Å². The maximum Gasteiger partial charge on any atom is 0.321 e. The van der Waals surface area contributed by atoms with Gasteiger partial charge in [0.15, 0.2) is 0 Å². The molecule has 2 heterocycles. The molecule has 1 saturated heterocycles. The van der Waals surface area contributed by atoms with Crippen LogP contribution in [-0.2, 0) is 0 Å². The predicted molar refractivity (Wildman–Crippen MR) is 110 cm³/mol. The van der Waals surface area contributed by atoms with Gasteiger partial charge in [-0.2, -0.15) is 0 Å². The Labute approximate surface area is 163 Å². The summed E-state index contributed by atoms with van der Waals surface area (Å²) in [6.07, 6.45) is 5.92. The number of nitrogens with zero attached hydrogens (tertiary/aromatic N) is 2. The van der Waals surface area contributed by atoms with Gasteiger partial charge in [0.25, 0.3) is 5.91 Å². The first-order valence-corrected chi connectivity index (χ1v) is 9.40. The number of likely N-dealkylation sites (tertiary alicyclic amines) is 1. The quantitative estimate of drug-likeness (QED) is 0.713. The summed E-state index contributed by atoms with van der Waals surface area (Å²) in [5.74, 6) is -0.225. The van der Waals surface area contributed by atoms with Crippen molar-refractivity contribution in [1.82, 2.24) is 9.47 Å². The molecule has 0 radical (unpaired) electrons. The predicted octanol–water partition coefficient (Wildman–Crippen LogP) is 4.36. The molecule has 0 spiro atoms. The van der Waals surface area contributed by atoms with Gasteiger partial charge in [0, 0.05) is 36.7 Å². The van der Waals surface area contributed by atoms with Gasteiger partial charge < -0.3 is 20.1 Å². The number of urea groups is 1. The second kappa shape index (κ2) is 8.00. The highest BCUT2D eigenvalue weighted by Crippen LogP contribution is 2.23. The first-order valence-electron chi connectivity index (χ1n) is 9.40. The molecule has 0 atom stereocenters. The van der Waals surface area contributed by atoms with Gasteiger partial charge in [-0.15, -0.1) is 0 Å². The van der Waals surface area contributed by atoms with Crippen LogP contribution in [0, 0.1) is 0 Å². The Kier molecular flexibility index (Phi) is 5.10. The molecule has 3 amide bonds. The lowest BCUT2D eigenvalue weighted by atomic mass is 10.1. The van der Waals surface area contributed by atoms with Crippen molar-refractivity contribution in [2.24, 2.45) is 0 Å². The Morgan fingerprint density at radius 3 is 2.18 bits per heavy atom. The number of amides is 3. The third kappa shape index (κ3) is 3.91. The van der Waals surface area contributed by atoms with Crippen LogP contribution in [0.5, 0.6) is 0 Å². The number of anilines is 2. The van der Waals surface area contributed by atoms with Crippen LogP contribution in [0.15, 0.2) is 73.1 Å². The zero-order chi connectivity index (χ0) is 19.3. The van der Waals surface area contributed by atoms with Gasteiger partial charge in [0.05, 0.1) is 11.4 Å². The molecule has 4 rings (SSSR count). The van der Waals surface area contributed by atoms with E-state index in [0.717, 1.165) is 31.6 Å². The van der Waals surface area contributed by atoms with Crippen LogP contribution >= 0.6 is 0 Å². The van der Waals surface area contributed by atoms with E-state index in [1.165, 1.54) is 0 Å². The van der Waals surface area contributed by atoms with Crippen molar-refractivity contribution in [2.45, 2.75) is 12.8 Å². The number of nitrogens with one attached hydrogen (secondary N) is 2. The summed E-state index contributed by atoms with van der Waals surface area (Å²) in [5, 5.41) is 5.83. The summed E-state index contributed by atoms with van der Waals surface area (Å²) in [5.41, 5.74) is 2.63. The minimum Gasteiger partial charge on any atom is -0.325 e. The number of para-hydroxylation sites is 2. The van der Waals surface area contributed by atoms with Crippen LogP contribution in [0.4, 0.5) is 16.2 Å². The number of hydrogen-bond donors (Lipinski definition) is 2. The van der Waals surface area contributed by atoms with Gasteiger partial charge >= 0.3 is 6.03 Å². The zero-order valence-corrected chi connectivity index (χ0v) is 15.5. The average Bonchev–Trinajstić information content (AvgIpc) is 3.44. The largest absolute Gasteiger partial charge is 0.325 e. The van der Waals surface area contributed by atoms with Crippen molar-refractivity contribution in [2.75, 3.05) is 23.7 Å². The Hall–Kier alpha value is -3.54. The fourth-order valence-corrected chi connectivity index (χ4v) is 3.32. The van der Waals surface area contributed by atoms with Crippen molar-refractivity contribution in [1.29, 1.82) is 0 Å². The smallest absolute Gasteiger partial charge is 0.321 e. The molecule has 6 nitrogen and oxygen atoms in total. The standard InChI is InChI=1S/C22H22N4O2/c27-21(17-8-7-9-18(16-17)25-12-3-4-13-25)23-19-10-1-2-11-20(19)24-22(28)26-14-5-6-15-26/h1-4,7-13,16H,5-6,14-15H2,(H,23,27)(H,24,28). The summed E-state index contributed by atoms with van der Waals surface area (Å²) < 4.78 is 1.95. The van der Waals surface area contributed by atoms with Gasteiger partial charge in [0.1, 0.15) is 0 Å². The highest BCUT2D eigenvalue weighted by molar-refractivity contribution is 6.07. The lowest BCUT2D eigenvalue weighted by Gasteiger charge is -2.18. The van der Waals surface area contributed by atoms with Gasteiger partial charge in [-0.3, -0.25) is 4.79 Å². The van der Waals surface area contributed by atoms with E-state index in [1.807, 2.05) is 59.4 Å². The van der Waals surface area contributed by atoms with Crippen molar-refractivity contribution in [3.8, 4) is 5.69 Å². The minimum atomic E-state index is -0.225. The number of benzene rings is 2. The number of carbonyl (C=O) groups is 2. The molecular weight excluding hydrogens is 352 g/mol. The first-order chi connectivity index (χ1) is 13.7. The zero-order valence-electron chi connectivity index (χ0n) is 15.5. The monoisotopic (exact) mass is 374 g/mol. The van der Waals surface area contributed by atoms with Gasteiger partial charge in [0.2, 0.25) is 0 Å². The Bertz CT molecular complexity index is 976. The third-order valence-electron chi connectivity index (χ3n) is 4.82. The van der Waals surface area contributed by atoms with E-state index in [0.29, 0.717) is 16.9 Å². The van der Waals surface area contributed by atoms with E-state index in [4.69, 9.17) is 0 Å². The van der Waals surface area contributed by atoms with Crippen molar-refractivity contribution >= 4 is 23.3 Å². The molecule has 2 N–H and O–H groups in total. The molecule has 6 heteroatoms. The molecule has 142 valence electrons. The average molecular weight is 374 g/mol. The minimum absolute atomic E-state index is 0.131. The molecule has 1 aliphatic heterocycles. The normalized spacial score (nSPS) is 13.4. The molecule has 1 fully saturated rings. The summed E-state index contributed by atoms with van der Waals surface area (Å²) in [7, 11) is 0. The van der Waals surface area contributed by atoms with Crippen molar-refractivity contribution in [3.63, 3.8) is 0 Å². The van der Waals surface area contributed by atoms with Crippen molar-refractivity contribution in [3.05, 3.63) is 78.6 Å². The Morgan fingerprint density at radius 2 is 1.46 bits per heavy atom. The summed E-state index contributed by atoms with van der Waals surface area (Å²) in [4.78, 5) is 27.0. The number of aromatic nitrogens is 1. The van der Waals surface area contributed by atoms with E-state index in [2.05, 4.69) is 10.6 Å². The summed E-state index contributed by atoms with van der Waals surface area (Å²) in [6, 6.07) is 18.4. The highest BCUT2D eigenvalue weighted by atomic mass is 16.2. The van der Waals surface area contributed by atoms with Crippen LogP contribution in [-0.4, -0.2) is 34.5 Å². The number of carbonyl (C=O) groups excluding carboxylic acids is 2. The van der Waals surface area contributed by atoms with E-state index >= 15 is 0 Å². The van der Waals surface area contributed by atoms with Gasteiger partial charge in [-0.1, -0.05) is 18.2 Å². The third-order valence-corrected chi connectivity index (χ3v) is 4.82. The maximum absolute atomic E-state index is 12.8. The van der Waals surface area contributed by atoms with E-state index in [-0.39, 0.29) is 11.9 Å². The van der Waals surface area contributed by atoms with E-state index < -0.39 is 0 Å². The lowest BCUT2D eigenvalue weighted by molar-refractivity contribution is 0.102. The highest BCUT2D eigenvalue weighted by Gasteiger charge is 2.19. The Morgan fingerprint density at radius 1 is 0.786 bits per heavy atom.